The summed E-state index contributed by atoms with van der Waals surface area (Å²) in [5, 5.41) is 0. The van der Waals surface area contributed by atoms with Gasteiger partial charge in [-0.2, -0.15) is 0 Å². The Morgan fingerprint density at radius 1 is 0.256 bits per heavy atom. The molecule has 0 rings (SSSR count). The van der Waals surface area contributed by atoms with E-state index < -0.39 is 6.10 Å². The number of hydrogen-bond acceptors (Lipinski definition) is 6. The Morgan fingerprint density at radius 2 is 0.462 bits per heavy atom. The molecule has 0 aromatic rings. The van der Waals surface area contributed by atoms with Gasteiger partial charge in [0.1, 0.15) is 13.2 Å². The van der Waals surface area contributed by atoms with Crippen LogP contribution in [0.3, 0.4) is 0 Å². The first-order chi connectivity index (χ1) is 38.5. The smallest absolute Gasteiger partial charge is 0.306 e. The van der Waals surface area contributed by atoms with Gasteiger partial charge < -0.3 is 14.2 Å². The average Bonchev–Trinajstić information content (AvgIpc) is 3.44. The van der Waals surface area contributed by atoms with Gasteiger partial charge in [0.05, 0.1) is 0 Å². The molecular formula is C72H132O6. The van der Waals surface area contributed by atoms with Crippen LogP contribution in [0.2, 0.25) is 0 Å². The average molecular weight is 1090 g/mol. The molecular weight excluding hydrogens is 961 g/mol. The third-order valence-corrected chi connectivity index (χ3v) is 15.6. The molecule has 0 aliphatic heterocycles. The van der Waals surface area contributed by atoms with Gasteiger partial charge in [-0.1, -0.05) is 320 Å². The number of unbranched alkanes of at least 4 members (excludes halogenated alkanes) is 45. The van der Waals surface area contributed by atoms with E-state index in [2.05, 4.69) is 69.4 Å². The Labute approximate surface area is 486 Å². The molecule has 0 aliphatic carbocycles. The SMILES string of the molecule is CCCCC/C=C\C/C=C\CCCCCCCCCCCC(=O)OC(COC(=O)CCCCCCCCC/C=C\C/C=C\CCCCC)COC(=O)CCCCCCCCCCCCCCCCCCCCCCCCCC. The molecule has 456 valence electrons. The van der Waals surface area contributed by atoms with Crippen molar-refractivity contribution in [3.8, 4) is 0 Å². The van der Waals surface area contributed by atoms with Gasteiger partial charge in [0.15, 0.2) is 6.10 Å². The number of hydrogen-bond donors (Lipinski definition) is 0. The number of rotatable bonds is 64. The molecule has 6 heteroatoms. The van der Waals surface area contributed by atoms with Crippen LogP contribution in [0.4, 0.5) is 0 Å². The van der Waals surface area contributed by atoms with Gasteiger partial charge in [-0.3, -0.25) is 14.4 Å². The molecule has 0 spiro atoms. The number of esters is 3. The second-order valence-corrected chi connectivity index (χ2v) is 23.4. The lowest BCUT2D eigenvalue weighted by Gasteiger charge is -2.18. The Hall–Kier alpha value is -2.63. The first kappa shape index (κ1) is 75.4. The first-order valence-electron chi connectivity index (χ1n) is 34.6. The van der Waals surface area contributed by atoms with E-state index in [-0.39, 0.29) is 31.1 Å². The minimum atomic E-state index is -0.779. The van der Waals surface area contributed by atoms with Gasteiger partial charge >= 0.3 is 17.9 Å². The van der Waals surface area contributed by atoms with Crippen molar-refractivity contribution in [2.45, 2.75) is 380 Å². The Kier molecular flexibility index (Phi) is 64.6. The molecule has 1 unspecified atom stereocenters. The van der Waals surface area contributed by atoms with Gasteiger partial charge in [0, 0.05) is 19.3 Å². The van der Waals surface area contributed by atoms with Gasteiger partial charge in [0.2, 0.25) is 0 Å². The highest BCUT2D eigenvalue weighted by Gasteiger charge is 2.19. The Bertz CT molecular complexity index is 1350. The molecule has 0 aliphatic rings. The van der Waals surface area contributed by atoms with Crippen molar-refractivity contribution >= 4 is 17.9 Å². The second-order valence-electron chi connectivity index (χ2n) is 23.4. The van der Waals surface area contributed by atoms with Crippen LogP contribution in [0, 0.1) is 0 Å². The molecule has 0 radical (unpaired) electrons. The molecule has 0 saturated heterocycles. The standard InChI is InChI=1S/C72H132O6/c1-4-7-10-13-16-19-22-25-28-31-33-34-35-36-37-39-41-44-47-50-53-56-59-62-65-71(74)77-68-69(67-76-70(73)64-61-58-55-52-49-46-43-40-30-27-24-21-18-15-12-9-6-3)78-72(75)66-63-60-57-54-51-48-45-42-38-32-29-26-23-20-17-14-11-8-5-2/h17-18,20-21,26-27,29-30,69H,4-16,19,22-25,28,31-68H2,1-3H3/b20-17-,21-18-,29-26-,30-27-. The summed E-state index contributed by atoms with van der Waals surface area (Å²) in [6, 6.07) is 0. The van der Waals surface area contributed by atoms with Crippen LogP contribution in [0.1, 0.15) is 374 Å². The molecule has 0 amide bonds. The van der Waals surface area contributed by atoms with Gasteiger partial charge in [-0.15, -0.1) is 0 Å². The minimum absolute atomic E-state index is 0.0734. The number of ether oxygens (including phenoxy) is 3. The van der Waals surface area contributed by atoms with Crippen LogP contribution < -0.4 is 0 Å². The van der Waals surface area contributed by atoms with Crippen molar-refractivity contribution in [1.29, 1.82) is 0 Å². The highest BCUT2D eigenvalue weighted by atomic mass is 16.6. The van der Waals surface area contributed by atoms with Crippen LogP contribution in [-0.2, 0) is 28.6 Å². The van der Waals surface area contributed by atoms with Crippen LogP contribution in [0.25, 0.3) is 0 Å². The Morgan fingerprint density at radius 3 is 0.731 bits per heavy atom. The highest BCUT2D eigenvalue weighted by Crippen LogP contribution is 2.18. The van der Waals surface area contributed by atoms with Crippen molar-refractivity contribution in [3.63, 3.8) is 0 Å². The fourth-order valence-electron chi connectivity index (χ4n) is 10.3. The lowest BCUT2D eigenvalue weighted by molar-refractivity contribution is -0.167. The molecule has 0 heterocycles. The summed E-state index contributed by atoms with van der Waals surface area (Å²) < 4.78 is 17.0. The molecule has 0 aromatic carbocycles. The third-order valence-electron chi connectivity index (χ3n) is 15.6. The van der Waals surface area contributed by atoms with E-state index in [1.165, 1.54) is 257 Å². The maximum Gasteiger partial charge on any atom is 0.306 e. The maximum atomic E-state index is 12.9. The largest absolute Gasteiger partial charge is 0.462 e. The zero-order valence-electron chi connectivity index (χ0n) is 52.5. The molecule has 1 atom stereocenters. The summed E-state index contributed by atoms with van der Waals surface area (Å²) in [5.41, 5.74) is 0. The van der Waals surface area contributed by atoms with Crippen molar-refractivity contribution < 1.29 is 28.6 Å². The van der Waals surface area contributed by atoms with Crippen LogP contribution in [0.15, 0.2) is 48.6 Å². The predicted octanol–water partition coefficient (Wildman–Crippen LogP) is 23.7. The van der Waals surface area contributed by atoms with Crippen molar-refractivity contribution in [2.24, 2.45) is 0 Å². The van der Waals surface area contributed by atoms with Crippen molar-refractivity contribution in [2.75, 3.05) is 13.2 Å². The fraction of sp³-hybridized carbons (Fsp3) is 0.847. The lowest BCUT2D eigenvalue weighted by Crippen LogP contribution is -2.30. The van der Waals surface area contributed by atoms with Gasteiger partial charge in [-0.25, -0.2) is 0 Å². The van der Waals surface area contributed by atoms with Gasteiger partial charge in [-0.05, 0) is 83.5 Å². The summed E-state index contributed by atoms with van der Waals surface area (Å²) in [6.45, 7) is 6.65. The molecule has 0 aromatic heterocycles. The summed E-state index contributed by atoms with van der Waals surface area (Å²) in [7, 11) is 0. The van der Waals surface area contributed by atoms with E-state index in [1.54, 1.807) is 0 Å². The lowest BCUT2D eigenvalue weighted by atomic mass is 10.0. The molecule has 0 bridgehead atoms. The summed E-state index contributed by atoms with van der Waals surface area (Å²) in [4.78, 5) is 38.4. The Balaban J connectivity index is 4.30. The van der Waals surface area contributed by atoms with Crippen molar-refractivity contribution in [1.82, 2.24) is 0 Å². The maximum absolute atomic E-state index is 12.9. The normalized spacial score (nSPS) is 12.3. The summed E-state index contributed by atoms with van der Waals surface area (Å²) >= 11 is 0. The predicted molar refractivity (Wildman–Crippen MR) is 339 cm³/mol. The van der Waals surface area contributed by atoms with E-state index >= 15 is 0 Å². The summed E-state index contributed by atoms with van der Waals surface area (Å²) in [5.74, 6) is -0.860. The van der Waals surface area contributed by atoms with E-state index in [9.17, 15) is 14.4 Å². The van der Waals surface area contributed by atoms with Crippen LogP contribution in [0.5, 0.6) is 0 Å². The number of allylic oxidation sites excluding steroid dienone is 8. The van der Waals surface area contributed by atoms with E-state index in [0.29, 0.717) is 19.3 Å². The molecule has 0 saturated carbocycles. The quantitative estimate of drug-likeness (QED) is 0.0261. The zero-order chi connectivity index (χ0) is 56.4. The first-order valence-corrected chi connectivity index (χ1v) is 34.6. The van der Waals surface area contributed by atoms with Gasteiger partial charge in [0.25, 0.3) is 0 Å². The van der Waals surface area contributed by atoms with E-state index in [1.807, 2.05) is 0 Å². The fourth-order valence-corrected chi connectivity index (χ4v) is 10.3. The molecule has 78 heavy (non-hydrogen) atoms. The van der Waals surface area contributed by atoms with Crippen molar-refractivity contribution in [3.05, 3.63) is 48.6 Å². The van der Waals surface area contributed by atoms with Crippen LogP contribution in [-0.4, -0.2) is 37.2 Å². The third kappa shape index (κ3) is 64.2. The summed E-state index contributed by atoms with van der Waals surface area (Å²) in [6.07, 6.45) is 84.1. The van der Waals surface area contributed by atoms with Crippen LogP contribution >= 0.6 is 0 Å². The molecule has 0 N–H and O–H groups in total. The second kappa shape index (κ2) is 66.9. The monoisotopic (exact) mass is 1090 g/mol. The number of carbonyl (C=O) groups excluding carboxylic acids is 3. The van der Waals surface area contributed by atoms with E-state index in [4.69, 9.17) is 14.2 Å². The molecule has 0 fully saturated rings. The minimum Gasteiger partial charge on any atom is -0.462 e. The zero-order valence-corrected chi connectivity index (χ0v) is 52.5. The molecule has 6 nitrogen and oxygen atoms in total. The highest BCUT2D eigenvalue weighted by molar-refractivity contribution is 5.71. The van der Waals surface area contributed by atoms with E-state index in [0.717, 1.165) is 77.0 Å². The topological polar surface area (TPSA) is 78.9 Å². The number of carbonyl (C=O) groups is 3.